The van der Waals surface area contributed by atoms with Gasteiger partial charge in [0.15, 0.2) is 0 Å². The second-order valence-electron chi connectivity index (χ2n) is 4.60. The van der Waals surface area contributed by atoms with E-state index >= 15 is 0 Å². The molecule has 0 atom stereocenters. The van der Waals surface area contributed by atoms with E-state index in [1.165, 1.54) is 11.0 Å². The van der Waals surface area contributed by atoms with Crippen LogP contribution in [-0.2, 0) is 0 Å². The third-order valence-electron chi connectivity index (χ3n) is 3.14. The van der Waals surface area contributed by atoms with Gasteiger partial charge in [-0.05, 0) is 53.1 Å². The van der Waals surface area contributed by atoms with Crippen LogP contribution in [0.1, 0.15) is 10.4 Å². The number of halogens is 1. The number of rotatable bonds is 4. The van der Waals surface area contributed by atoms with Gasteiger partial charge in [0, 0.05) is 10.6 Å². The Morgan fingerprint density at radius 2 is 2.13 bits per heavy atom. The van der Waals surface area contributed by atoms with Gasteiger partial charge in [-0.2, -0.15) is 0 Å². The molecule has 0 unspecified atom stereocenters. The van der Waals surface area contributed by atoms with E-state index in [0.717, 1.165) is 10.6 Å². The van der Waals surface area contributed by atoms with Crippen molar-refractivity contribution in [2.45, 2.75) is 4.90 Å². The van der Waals surface area contributed by atoms with Crippen LogP contribution in [-0.4, -0.2) is 32.4 Å². The van der Waals surface area contributed by atoms with E-state index in [-0.39, 0.29) is 5.91 Å². The van der Waals surface area contributed by atoms with Crippen LogP contribution in [0.25, 0.3) is 5.69 Å². The van der Waals surface area contributed by atoms with Crippen molar-refractivity contribution in [1.82, 2.24) is 20.2 Å². The van der Waals surface area contributed by atoms with Crippen molar-refractivity contribution in [2.75, 3.05) is 11.6 Å². The van der Waals surface area contributed by atoms with E-state index in [1.807, 2.05) is 24.5 Å². The number of aromatic nitrogens is 4. The molecule has 0 fully saturated rings. The molecule has 2 aromatic carbocycles. The molecule has 1 heterocycles. The van der Waals surface area contributed by atoms with Crippen molar-refractivity contribution < 1.29 is 4.79 Å². The number of benzene rings is 2. The summed E-state index contributed by atoms with van der Waals surface area (Å²) in [6, 6.07) is 12.6. The smallest absolute Gasteiger partial charge is 0.257 e. The topological polar surface area (TPSA) is 72.7 Å². The van der Waals surface area contributed by atoms with Gasteiger partial charge in [0.25, 0.3) is 5.91 Å². The highest BCUT2D eigenvalue weighted by Crippen LogP contribution is 2.24. The van der Waals surface area contributed by atoms with Crippen molar-refractivity contribution in [3.05, 3.63) is 59.4 Å². The number of hydrogen-bond acceptors (Lipinski definition) is 5. The Bertz CT molecular complexity index is 838. The molecular formula is C15H12ClN5OS. The minimum absolute atomic E-state index is 0.264. The molecule has 116 valence electrons. The van der Waals surface area contributed by atoms with E-state index in [4.69, 9.17) is 11.6 Å². The van der Waals surface area contributed by atoms with Crippen LogP contribution in [0.3, 0.4) is 0 Å². The van der Waals surface area contributed by atoms with Gasteiger partial charge in [0.1, 0.15) is 6.33 Å². The number of carbonyl (C=O) groups excluding carboxylic acids is 1. The maximum Gasteiger partial charge on any atom is 0.257 e. The summed E-state index contributed by atoms with van der Waals surface area (Å²) >= 11 is 7.68. The van der Waals surface area contributed by atoms with Crippen LogP contribution in [0.15, 0.2) is 53.7 Å². The Kier molecular flexibility index (Phi) is 4.59. The number of anilines is 1. The standard InChI is InChI=1S/C15H12ClN5OS/c1-23-12-5-6-14(16)13(8-12)15(22)18-10-3-2-4-11(7-10)21-9-17-19-20-21/h2-9H,1H3,(H,18,22). The van der Waals surface area contributed by atoms with Gasteiger partial charge in [-0.1, -0.05) is 17.7 Å². The fourth-order valence-corrected chi connectivity index (χ4v) is 2.65. The first-order valence-electron chi connectivity index (χ1n) is 6.65. The quantitative estimate of drug-likeness (QED) is 0.734. The minimum Gasteiger partial charge on any atom is -0.322 e. The summed E-state index contributed by atoms with van der Waals surface area (Å²) in [6.45, 7) is 0. The molecule has 3 rings (SSSR count). The van der Waals surface area contributed by atoms with Gasteiger partial charge in [-0.25, -0.2) is 4.68 Å². The molecule has 1 aromatic heterocycles. The summed E-state index contributed by atoms with van der Waals surface area (Å²) in [4.78, 5) is 13.4. The van der Waals surface area contributed by atoms with Gasteiger partial charge in [0.05, 0.1) is 16.3 Å². The predicted molar refractivity (Wildman–Crippen MR) is 90.3 cm³/mol. The van der Waals surface area contributed by atoms with Gasteiger partial charge >= 0.3 is 0 Å². The van der Waals surface area contributed by atoms with Crippen LogP contribution in [0.5, 0.6) is 0 Å². The Labute approximate surface area is 141 Å². The molecule has 0 aliphatic carbocycles. The molecule has 8 heteroatoms. The summed E-state index contributed by atoms with van der Waals surface area (Å²) < 4.78 is 1.51. The average Bonchev–Trinajstić information content (AvgIpc) is 3.10. The maximum atomic E-state index is 12.4. The highest BCUT2D eigenvalue weighted by Gasteiger charge is 2.12. The van der Waals surface area contributed by atoms with Crippen molar-refractivity contribution in [3.63, 3.8) is 0 Å². The van der Waals surface area contributed by atoms with Crippen LogP contribution < -0.4 is 5.32 Å². The number of nitrogens with one attached hydrogen (secondary N) is 1. The lowest BCUT2D eigenvalue weighted by molar-refractivity contribution is 0.102. The van der Waals surface area contributed by atoms with E-state index in [0.29, 0.717) is 16.3 Å². The molecule has 1 amide bonds. The van der Waals surface area contributed by atoms with Gasteiger partial charge < -0.3 is 5.32 Å². The zero-order valence-electron chi connectivity index (χ0n) is 12.1. The Balaban J connectivity index is 1.85. The number of amides is 1. The molecule has 0 bridgehead atoms. The van der Waals surface area contributed by atoms with Crippen molar-refractivity contribution in [2.24, 2.45) is 0 Å². The minimum atomic E-state index is -0.264. The molecule has 23 heavy (non-hydrogen) atoms. The number of tetrazole rings is 1. The first-order valence-corrected chi connectivity index (χ1v) is 8.26. The lowest BCUT2D eigenvalue weighted by Crippen LogP contribution is -2.13. The third kappa shape index (κ3) is 3.52. The molecule has 0 spiro atoms. The Morgan fingerprint density at radius 3 is 2.87 bits per heavy atom. The number of nitrogens with zero attached hydrogens (tertiary/aromatic N) is 4. The molecule has 0 aliphatic heterocycles. The summed E-state index contributed by atoms with van der Waals surface area (Å²) in [5.41, 5.74) is 1.82. The average molecular weight is 346 g/mol. The Hall–Kier alpha value is -2.38. The van der Waals surface area contributed by atoms with Crippen LogP contribution in [0.4, 0.5) is 5.69 Å². The normalized spacial score (nSPS) is 10.5. The lowest BCUT2D eigenvalue weighted by Gasteiger charge is -2.09. The first kappa shape index (κ1) is 15.5. The highest BCUT2D eigenvalue weighted by atomic mass is 35.5. The predicted octanol–water partition coefficient (Wildman–Crippen LogP) is 3.29. The zero-order valence-corrected chi connectivity index (χ0v) is 13.7. The van der Waals surface area contributed by atoms with E-state index < -0.39 is 0 Å². The van der Waals surface area contributed by atoms with E-state index in [9.17, 15) is 4.79 Å². The largest absolute Gasteiger partial charge is 0.322 e. The molecule has 1 N–H and O–H groups in total. The number of carbonyl (C=O) groups is 1. The molecule has 0 radical (unpaired) electrons. The van der Waals surface area contributed by atoms with Gasteiger partial charge in [-0.15, -0.1) is 16.9 Å². The van der Waals surface area contributed by atoms with Crippen molar-refractivity contribution in [3.8, 4) is 5.69 Å². The second kappa shape index (κ2) is 6.80. The maximum absolute atomic E-state index is 12.4. The van der Waals surface area contributed by atoms with E-state index in [1.54, 1.807) is 36.0 Å². The number of thioether (sulfide) groups is 1. The third-order valence-corrected chi connectivity index (χ3v) is 4.19. The second-order valence-corrected chi connectivity index (χ2v) is 5.89. The lowest BCUT2D eigenvalue weighted by atomic mass is 10.2. The summed E-state index contributed by atoms with van der Waals surface area (Å²) in [5, 5.41) is 14.3. The van der Waals surface area contributed by atoms with E-state index in [2.05, 4.69) is 20.8 Å². The van der Waals surface area contributed by atoms with Gasteiger partial charge in [0.2, 0.25) is 0 Å². The van der Waals surface area contributed by atoms with Crippen LogP contribution in [0.2, 0.25) is 5.02 Å². The fraction of sp³-hybridized carbons (Fsp3) is 0.0667. The summed E-state index contributed by atoms with van der Waals surface area (Å²) in [5.74, 6) is -0.264. The molecule has 0 aliphatic rings. The molecule has 6 nitrogen and oxygen atoms in total. The number of hydrogen-bond donors (Lipinski definition) is 1. The van der Waals surface area contributed by atoms with Gasteiger partial charge in [-0.3, -0.25) is 4.79 Å². The highest BCUT2D eigenvalue weighted by molar-refractivity contribution is 7.98. The van der Waals surface area contributed by atoms with Crippen molar-refractivity contribution in [1.29, 1.82) is 0 Å². The zero-order chi connectivity index (χ0) is 16.2. The van der Waals surface area contributed by atoms with Crippen molar-refractivity contribution >= 4 is 35.0 Å². The molecule has 0 saturated carbocycles. The summed E-state index contributed by atoms with van der Waals surface area (Å²) in [6.07, 6.45) is 3.43. The first-order chi connectivity index (χ1) is 11.2. The monoisotopic (exact) mass is 345 g/mol. The summed E-state index contributed by atoms with van der Waals surface area (Å²) in [7, 11) is 0. The van der Waals surface area contributed by atoms with Crippen LogP contribution in [0, 0.1) is 0 Å². The molecule has 0 saturated heterocycles. The molecule has 3 aromatic rings. The Morgan fingerprint density at radius 1 is 1.26 bits per heavy atom. The van der Waals surface area contributed by atoms with Crippen LogP contribution >= 0.6 is 23.4 Å². The molecular weight excluding hydrogens is 334 g/mol. The fourth-order valence-electron chi connectivity index (χ4n) is 2.01. The SMILES string of the molecule is CSc1ccc(Cl)c(C(=O)Nc2cccc(-n3cnnn3)c2)c1.